The largest absolute Gasteiger partial charge is 0.183 e. The maximum Gasteiger partial charge on any atom is -0.0183 e. The van der Waals surface area contributed by atoms with E-state index in [1.807, 2.05) is 36.4 Å². The van der Waals surface area contributed by atoms with E-state index < -0.39 is 0 Å². The van der Waals surface area contributed by atoms with Gasteiger partial charge in [0.15, 0.2) is 0 Å². The van der Waals surface area contributed by atoms with Crippen LogP contribution in [0.25, 0.3) is 5.57 Å². The molecule has 0 bridgehead atoms. The molecule has 0 saturated carbocycles. The Morgan fingerprint density at radius 1 is 0.750 bits per heavy atom. The Morgan fingerprint density at radius 2 is 1.06 bits per heavy atom. The predicted molar refractivity (Wildman–Crippen MR) is 75.9 cm³/mol. The fraction of sp³-hybridized carbons (Fsp3) is 0.0667. The molecule has 0 aliphatic carbocycles. The van der Waals surface area contributed by atoms with E-state index in [2.05, 4.69) is 43.5 Å². The van der Waals surface area contributed by atoms with Crippen molar-refractivity contribution >= 4 is 18.2 Å². The molecule has 0 atom stereocenters. The number of rotatable bonds is 2. The van der Waals surface area contributed by atoms with E-state index in [0.717, 1.165) is 5.57 Å². The second-order valence-corrected chi connectivity index (χ2v) is 3.21. The lowest BCUT2D eigenvalue weighted by Gasteiger charge is -2.04. The summed E-state index contributed by atoms with van der Waals surface area (Å²) in [7, 11) is 0. The first-order chi connectivity index (χ1) is 7.88. The van der Waals surface area contributed by atoms with Crippen LogP contribution in [0, 0.1) is 0 Å². The molecule has 0 fully saturated rings. The average molecular weight is 228 g/mol. The van der Waals surface area contributed by atoms with Crippen LogP contribution in [0.4, 0.5) is 0 Å². The van der Waals surface area contributed by atoms with Crippen molar-refractivity contribution in [3.8, 4) is 0 Å². The summed E-state index contributed by atoms with van der Waals surface area (Å²) in [4.78, 5) is 0. The smallest absolute Gasteiger partial charge is 0.0183 e. The molecule has 2 aromatic rings. The molecule has 0 aliphatic heterocycles. The van der Waals surface area contributed by atoms with E-state index in [-0.39, 0.29) is 0 Å². The van der Waals surface area contributed by atoms with Gasteiger partial charge >= 0.3 is 0 Å². The van der Waals surface area contributed by atoms with Crippen LogP contribution in [0.15, 0.2) is 67.2 Å². The maximum atomic E-state index is 4.10. The topological polar surface area (TPSA) is 0 Å². The molecule has 82 valence electrons. The Balaban J connectivity index is 0.000000606. The summed E-state index contributed by atoms with van der Waals surface area (Å²) in [6.45, 7) is 4.10. The van der Waals surface area contributed by atoms with Gasteiger partial charge in [-0.1, -0.05) is 67.2 Å². The zero-order valence-corrected chi connectivity index (χ0v) is 10.3. The lowest BCUT2D eigenvalue weighted by molar-refractivity contribution is 1.56. The molecule has 2 aromatic carbocycles. The molecule has 0 amide bonds. The SMILES string of the molecule is C=C(c1ccccc1)c1ccccc1.CS. The molecule has 0 heterocycles. The van der Waals surface area contributed by atoms with Crippen molar-refractivity contribution in [1.29, 1.82) is 0 Å². The van der Waals surface area contributed by atoms with Crippen LogP contribution < -0.4 is 0 Å². The molecule has 1 heteroatoms. The van der Waals surface area contributed by atoms with Gasteiger partial charge in [0.25, 0.3) is 0 Å². The molecule has 2 rings (SSSR count). The first kappa shape index (κ1) is 12.6. The van der Waals surface area contributed by atoms with Gasteiger partial charge in [0.05, 0.1) is 0 Å². The molecule has 0 N–H and O–H groups in total. The monoisotopic (exact) mass is 228 g/mol. The lowest BCUT2D eigenvalue weighted by atomic mass is 10.0. The molecular weight excluding hydrogens is 212 g/mol. The van der Waals surface area contributed by atoms with Crippen molar-refractivity contribution in [2.24, 2.45) is 0 Å². The van der Waals surface area contributed by atoms with Gasteiger partial charge < -0.3 is 0 Å². The Bertz CT molecular complexity index is 376. The van der Waals surface area contributed by atoms with Crippen LogP contribution in [-0.2, 0) is 0 Å². The van der Waals surface area contributed by atoms with Crippen LogP contribution in [0.2, 0.25) is 0 Å². The van der Waals surface area contributed by atoms with Gasteiger partial charge in [-0.3, -0.25) is 0 Å². The fourth-order valence-corrected chi connectivity index (χ4v) is 1.45. The van der Waals surface area contributed by atoms with Crippen LogP contribution in [0.5, 0.6) is 0 Å². The third-order valence-electron chi connectivity index (χ3n) is 2.24. The standard InChI is InChI=1S/C14H12.CH4S/c1-12(13-8-4-2-5-9-13)14-10-6-3-7-11-14;1-2/h2-11H,1H2;2H,1H3. The van der Waals surface area contributed by atoms with Gasteiger partial charge in [-0.25, -0.2) is 0 Å². The van der Waals surface area contributed by atoms with Crippen molar-refractivity contribution < 1.29 is 0 Å². The molecular formula is C15H16S. The average Bonchev–Trinajstić information content (AvgIpc) is 2.42. The normalized spacial score (nSPS) is 8.88. The van der Waals surface area contributed by atoms with E-state index in [9.17, 15) is 0 Å². The molecule has 0 aliphatic rings. The van der Waals surface area contributed by atoms with Crippen LogP contribution in [0.1, 0.15) is 11.1 Å². The lowest BCUT2D eigenvalue weighted by Crippen LogP contribution is -1.84. The number of hydrogen-bond acceptors (Lipinski definition) is 1. The van der Waals surface area contributed by atoms with Crippen molar-refractivity contribution in [2.75, 3.05) is 6.26 Å². The summed E-state index contributed by atoms with van der Waals surface area (Å²) in [6, 6.07) is 20.5. The van der Waals surface area contributed by atoms with Gasteiger partial charge in [-0.05, 0) is 23.0 Å². The van der Waals surface area contributed by atoms with Crippen molar-refractivity contribution in [1.82, 2.24) is 0 Å². The Kier molecular flexibility index (Phi) is 5.44. The third kappa shape index (κ3) is 3.28. The highest BCUT2D eigenvalue weighted by atomic mass is 32.1. The summed E-state index contributed by atoms with van der Waals surface area (Å²) in [5, 5.41) is 0. The summed E-state index contributed by atoms with van der Waals surface area (Å²) in [5.41, 5.74) is 3.43. The highest BCUT2D eigenvalue weighted by molar-refractivity contribution is 7.79. The van der Waals surface area contributed by atoms with Gasteiger partial charge in [0.1, 0.15) is 0 Å². The van der Waals surface area contributed by atoms with E-state index in [0.29, 0.717) is 0 Å². The zero-order chi connectivity index (χ0) is 11.8. The molecule has 16 heavy (non-hydrogen) atoms. The predicted octanol–water partition coefficient (Wildman–Crippen LogP) is 4.29. The highest BCUT2D eigenvalue weighted by Gasteiger charge is 1.99. The maximum absolute atomic E-state index is 4.10. The van der Waals surface area contributed by atoms with Crippen molar-refractivity contribution in [3.05, 3.63) is 78.4 Å². The number of thiol groups is 1. The summed E-state index contributed by atoms with van der Waals surface area (Å²) in [6.07, 6.45) is 1.69. The van der Waals surface area contributed by atoms with Crippen molar-refractivity contribution in [2.45, 2.75) is 0 Å². The first-order valence-corrected chi connectivity index (χ1v) is 6.02. The molecule has 0 radical (unpaired) electrons. The quantitative estimate of drug-likeness (QED) is 0.728. The Labute approximate surface area is 103 Å². The first-order valence-electron chi connectivity index (χ1n) is 5.12. The molecule has 0 aromatic heterocycles. The van der Waals surface area contributed by atoms with Crippen LogP contribution >= 0.6 is 12.6 Å². The minimum atomic E-state index is 1.08. The van der Waals surface area contributed by atoms with Crippen molar-refractivity contribution in [3.63, 3.8) is 0 Å². The Hall–Kier alpha value is -1.47. The minimum absolute atomic E-state index is 1.08. The number of hydrogen-bond donors (Lipinski definition) is 1. The molecule has 0 nitrogen and oxygen atoms in total. The fourth-order valence-electron chi connectivity index (χ4n) is 1.45. The van der Waals surface area contributed by atoms with E-state index in [1.54, 1.807) is 6.26 Å². The second-order valence-electron chi connectivity index (χ2n) is 3.21. The van der Waals surface area contributed by atoms with Gasteiger partial charge in [-0.15, -0.1) is 0 Å². The van der Waals surface area contributed by atoms with Gasteiger partial charge in [0, 0.05) is 0 Å². The second kappa shape index (κ2) is 6.91. The van der Waals surface area contributed by atoms with E-state index in [4.69, 9.17) is 0 Å². The van der Waals surface area contributed by atoms with Gasteiger partial charge in [0.2, 0.25) is 0 Å². The highest BCUT2D eigenvalue weighted by Crippen LogP contribution is 2.20. The van der Waals surface area contributed by atoms with Crippen LogP contribution in [-0.4, -0.2) is 6.26 Å². The minimum Gasteiger partial charge on any atom is -0.183 e. The molecule has 0 spiro atoms. The summed E-state index contributed by atoms with van der Waals surface area (Å²) in [5.74, 6) is 0. The summed E-state index contributed by atoms with van der Waals surface area (Å²) < 4.78 is 0. The molecule has 0 unspecified atom stereocenters. The third-order valence-corrected chi connectivity index (χ3v) is 2.24. The number of benzene rings is 2. The Morgan fingerprint density at radius 3 is 1.38 bits per heavy atom. The zero-order valence-electron chi connectivity index (χ0n) is 9.43. The van der Waals surface area contributed by atoms with Gasteiger partial charge in [-0.2, -0.15) is 12.6 Å². The summed E-state index contributed by atoms with van der Waals surface area (Å²) >= 11 is 3.53. The van der Waals surface area contributed by atoms with E-state index >= 15 is 0 Å². The van der Waals surface area contributed by atoms with E-state index in [1.165, 1.54) is 11.1 Å². The van der Waals surface area contributed by atoms with Crippen LogP contribution in [0.3, 0.4) is 0 Å². The molecule has 0 saturated heterocycles.